The summed E-state index contributed by atoms with van der Waals surface area (Å²) in [6.07, 6.45) is -19.9. The average Bonchev–Trinajstić information content (AvgIpc) is 3.81. The summed E-state index contributed by atoms with van der Waals surface area (Å²) in [5.74, 6) is 0. The van der Waals surface area contributed by atoms with E-state index in [1.165, 1.54) is 18.2 Å². The van der Waals surface area contributed by atoms with Crippen LogP contribution in [0.2, 0.25) is 0 Å². The van der Waals surface area contributed by atoms with Gasteiger partial charge in [-0.1, -0.05) is 78.9 Å². The molecular formula is C52H26F12N4. The van der Waals surface area contributed by atoms with Crippen molar-refractivity contribution in [2.24, 2.45) is 0 Å². The molecule has 10 aromatic rings. The summed E-state index contributed by atoms with van der Waals surface area (Å²) in [5, 5.41) is 11.3. The molecule has 0 spiro atoms. The van der Waals surface area contributed by atoms with Crippen LogP contribution in [0.3, 0.4) is 0 Å². The summed E-state index contributed by atoms with van der Waals surface area (Å²) >= 11 is 0. The number of alkyl halides is 12. The molecule has 0 aliphatic carbocycles. The standard InChI is InChI=1S/C52H26F12N4/c53-49(54,55)32-12-16-36-37-17-13-33(50(56,57)58)24-46(37)67(45(36)23-32)43-21-31(42-11-5-10-41(66-42)30-9-4-8-29(20-30)28-6-2-1-3-7-28)22-44(40(43)27-65)68-47-25-34(51(59,60)61)14-18-38(47)39-19-15-35(26-48(39)68)52(62,63)64/h1-26H. The number of aromatic nitrogens is 3. The highest BCUT2D eigenvalue weighted by atomic mass is 19.4. The number of fused-ring (bicyclic) bond motifs is 6. The Labute approximate surface area is 376 Å². The maximum Gasteiger partial charge on any atom is 0.416 e. The first-order chi connectivity index (χ1) is 32.2. The van der Waals surface area contributed by atoms with Crippen LogP contribution in [0.1, 0.15) is 27.8 Å². The molecule has 0 saturated heterocycles. The van der Waals surface area contributed by atoms with Crippen LogP contribution in [-0.2, 0) is 24.7 Å². The normalized spacial score (nSPS) is 12.7. The maximum absolute atomic E-state index is 14.5. The quantitative estimate of drug-likeness (QED) is 0.161. The van der Waals surface area contributed by atoms with Crippen molar-refractivity contribution in [1.82, 2.24) is 14.1 Å². The van der Waals surface area contributed by atoms with E-state index in [0.717, 1.165) is 68.8 Å². The molecule has 3 aromatic heterocycles. The predicted molar refractivity (Wildman–Crippen MR) is 234 cm³/mol. The van der Waals surface area contributed by atoms with Gasteiger partial charge in [0.2, 0.25) is 0 Å². The van der Waals surface area contributed by atoms with E-state index in [1.807, 2.05) is 48.5 Å². The average molecular weight is 935 g/mol. The Hall–Kier alpha value is -8.06. The fraction of sp³-hybridized carbons (Fsp3) is 0.0769. The van der Waals surface area contributed by atoms with Crippen molar-refractivity contribution in [1.29, 1.82) is 5.26 Å². The van der Waals surface area contributed by atoms with Crippen molar-refractivity contribution in [3.8, 4) is 51.1 Å². The third-order valence-corrected chi connectivity index (χ3v) is 11.8. The molecule has 0 saturated carbocycles. The van der Waals surface area contributed by atoms with Crippen molar-refractivity contribution < 1.29 is 52.7 Å². The van der Waals surface area contributed by atoms with Gasteiger partial charge in [-0.05, 0) is 90.0 Å². The molecule has 0 N–H and O–H groups in total. The molecule has 0 fully saturated rings. The number of nitrogens with zero attached hydrogens (tertiary/aromatic N) is 4. The Morgan fingerprint density at radius 1 is 0.353 bits per heavy atom. The number of pyridine rings is 1. The molecule has 0 radical (unpaired) electrons. The Kier molecular flexibility index (Phi) is 9.99. The summed E-state index contributed by atoms with van der Waals surface area (Å²) < 4.78 is 175. The van der Waals surface area contributed by atoms with Gasteiger partial charge in [-0.3, -0.25) is 0 Å². The van der Waals surface area contributed by atoms with E-state index in [0.29, 0.717) is 35.5 Å². The number of rotatable bonds is 5. The molecule has 0 atom stereocenters. The van der Waals surface area contributed by atoms with Gasteiger partial charge >= 0.3 is 24.7 Å². The Bertz CT molecular complexity index is 3390. The molecule has 338 valence electrons. The highest BCUT2D eigenvalue weighted by Gasteiger charge is 2.36. The Morgan fingerprint density at radius 2 is 0.706 bits per heavy atom. The molecule has 0 aliphatic heterocycles. The van der Waals surface area contributed by atoms with Gasteiger partial charge in [-0.25, -0.2) is 4.98 Å². The van der Waals surface area contributed by atoms with Crippen LogP contribution in [0.5, 0.6) is 0 Å². The maximum atomic E-state index is 14.5. The minimum atomic E-state index is -4.96. The van der Waals surface area contributed by atoms with Crippen molar-refractivity contribution in [3.05, 3.63) is 186 Å². The summed E-state index contributed by atoms with van der Waals surface area (Å²) in [6, 6.07) is 36.1. The van der Waals surface area contributed by atoms with Crippen molar-refractivity contribution in [2.75, 3.05) is 0 Å². The van der Waals surface area contributed by atoms with E-state index in [9.17, 15) is 57.9 Å². The predicted octanol–water partition coefficient (Wildman–Crippen LogP) is 16.2. The van der Waals surface area contributed by atoms with Crippen molar-refractivity contribution in [2.45, 2.75) is 24.7 Å². The number of benzene rings is 7. The molecule has 16 heteroatoms. The summed E-state index contributed by atoms with van der Waals surface area (Å²) in [6.45, 7) is 0. The van der Waals surface area contributed by atoms with Gasteiger partial charge in [-0.15, -0.1) is 0 Å². The zero-order chi connectivity index (χ0) is 48.1. The Morgan fingerprint density at radius 3 is 1.09 bits per heavy atom. The van der Waals surface area contributed by atoms with E-state index in [2.05, 4.69) is 0 Å². The number of nitriles is 1. The van der Waals surface area contributed by atoms with Crippen molar-refractivity contribution >= 4 is 43.6 Å². The smallest absolute Gasteiger partial charge is 0.308 e. The molecule has 4 nitrogen and oxygen atoms in total. The van der Waals surface area contributed by atoms with Gasteiger partial charge in [0.05, 0.1) is 67.1 Å². The van der Waals surface area contributed by atoms with Crippen LogP contribution in [0.4, 0.5) is 52.7 Å². The van der Waals surface area contributed by atoms with Gasteiger partial charge < -0.3 is 9.13 Å². The minimum absolute atomic E-state index is 0.0393. The zero-order valence-corrected chi connectivity index (χ0v) is 34.3. The van der Waals surface area contributed by atoms with Crippen LogP contribution in [0.25, 0.3) is 88.6 Å². The topological polar surface area (TPSA) is 46.5 Å². The number of hydrogen-bond donors (Lipinski definition) is 0. The molecule has 68 heavy (non-hydrogen) atoms. The van der Waals surface area contributed by atoms with E-state index < -0.39 is 52.5 Å². The third-order valence-electron chi connectivity index (χ3n) is 11.8. The fourth-order valence-corrected chi connectivity index (χ4v) is 8.73. The lowest BCUT2D eigenvalue weighted by atomic mass is 10.00. The molecule has 10 rings (SSSR count). The molecule has 3 heterocycles. The van der Waals surface area contributed by atoms with Crippen LogP contribution in [-0.4, -0.2) is 14.1 Å². The summed E-state index contributed by atoms with van der Waals surface area (Å²) in [4.78, 5) is 4.89. The number of hydrogen-bond acceptors (Lipinski definition) is 2. The van der Waals surface area contributed by atoms with Gasteiger partial charge in [0.25, 0.3) is 0 Å². The first-order valence-corrected chi connectivity index (χ1v) is 20.4. The van der Waals surface area contributed by atoms with Gasteiger partial charge in [0.1, 0.15) is 11.6 Å². The first kappa shape index (κ1) is 43.8. The van der Waals surface area contributed by atoms with Gasteiger partial charge in [0.15, 0.2) is 0 Å². The first-order valence-electron chi connectivity index (χ1n) is 20.4. The van der Waals surface area contributed by atoms with Crippen LogP contribution >= 0.6 is 0 Å². The monoisotopic (exact) mass is 934 g/mol. The molecular weight excluding hydrogens is 909 g/mol. The largest absolute Gasteiger partial charge is 0.416 e. The summed E-state index contributed by atoms with van der Waals surface area (Å²) in [5.41, 5.74) is -4.42. The summed E-state index contributed by atoms with van der Waals surface area (Å²) in [7, 11) is 0. The molecule has 0 bridgehead atoms. The lowest BCUT2D eigenvalue weighted by Gasteiger charge is -2.19. The molecule has 0 amide bonds. The molecule has 0 aliphatic rings. The zero-order valence-electron chi connectivity index (χ0n) is 34.3. The highest BCUT2D eigenvalue weighted by molar-refractivity contribution is 6.12. The van der Waals surface area contributed by atoms with E-state index >= 15 is 0 Å². The van der Waals surface area contributed by atoms with Crippen LogP contribution in [0, 0.1) is 11.3 Å². The van der Waals surface area contributed by atoms with Crippen LogP contribution < -0.4 is 0 Å². The minimum Gasteiger partial charge on any atom is -0.308 e. The fourth-order valence-electron chi connectivity index (χ4n) is 8.73. The third kappa shape index (κ3) is 7.53. The lowest BCUT2D eigenvalue weighted by molar-refractivity contribution is -0.138. The van der Waals surface area contributed by atoms with E-state index in [4.69, 9.17) is 4.98 Å². The van der Waals surface area contributed by atoms with E-state index in [1.54, 1.807) is 24.3 Å². The van der Waals surface area contributed by atoms with Crippen molar-refractivity contribution in [3.63, 3.8) is 0 Å². The lowest BCUT2D eigenvalue weighted by Crippen LogP contribution is -2.09. The SMILES string of the molecule is N#Cc1c(-n2c3cc(C(F)(F)F)ccc3c3ccc(C(F)(F)F)cc32)cc(-c2cccc(-c3cccc(-c4ccccc4)c3)n2)cc1-n1c2cc(C(F)(F)F)ccc2c2ccc(C(F)(F)F)cc21. The second kappa shape index (κ2) is 15.5. The van der Waals surface area contributed by atoms with E-state index in [-0.39, 0.29) is 66.2 Å². The second-order valence-electron chi connectivity index (χ2n) is 15.9. The number of halogens is 12. The molecule has 7 aromatic carbocycles. The van der Waals surface area contributed by atoms with Gasteiger partial charge in [0, 0.05) is 32.7 Å². The Balaban J connectivity index is 1.35. The second-order valence-corrected chi connectivity index (χ2v) is 15.9. The van der Waals surface area contributed by atoms with Gasteiger partial charge in [-0.2, -0.15) is 57.9 Å². The highest BCUT2D eigenvalue weighted by Crippen LogP contribution is 2.45. The van der Waals surface area contributed by atoms with Crippen LogP contribution in [0.15, 0.2) is 158 Å². The molecule has 0 unspecified atom stereocenters.